The van der Waals surface area contributed by atoms with Gasteiger partial charge in [0.1, 0.15) is 0 Å². The van der Waals surface area contributed by atoms with Crippen molar-refractivity contribution < 1.29 is 5.11 Å². The number of fused-ring (bicyclic) bond motifs is 3. The molecule has 108 valence electrons. The van der Waals surface area contributed by atoms with Crippen molar-refractivity contribution in [1.82, 2.24) is 4.57 Å². The van der Waals surface area contributed by atoms with Crippen LogP contribution in [-0.2, 0) is 6.42 Å². The molecule has 1 N–H and O–H groups in total. The molecule has 0 aliphatic rings. The summed E-state index contributed by atoms with van der Waals surface area (Å²) in [5.41, 5.74) is 4.75. The Bertz CT molecular complexity index is 882. The minimum Gasteiger partial charge on any atom is -0.396 e. The second kappa shape index (κ2) is 5.32. The summed E-state index contributed by atoms with van der Waals surface area (Å²) >= 11 is 0. The first-order chi connectivity index (χ1) is 10.9. The van der Waals surface area contributed by atoms with E-state index in [0.717, 1.165) is 11.3 Å². The van der Waals surface area contributed by atoms with Gasteiger partial charge in [0.15, 0.2) is 0 Å². The first-order valence-electron chi connectivity index (χ1n) is 7.57. The van der Waals surface area contributed by atoms with E-state index < -0.39 is 0 Å². The number of hydrogen-bond donors (Lipinski definition) is 1. The highest BCUT2D eigenvalue weighted by atomic mass is 16.2. The minimum absolute atomic E-state index is 0.189. The lowest BCUT2D eigenvalue weighted by atomic mass is 10.1. The Morgan fingerprint density at radius 2 is 1.23 bits per heavy atom. The van der Waals surface area contributed by atoms with Gasteiger partial charge in [0.25, 0.3) is 0 Å². The third kappa shape index (κ3) is 2.00. The van der Waals surface area contributed by atoms with Crippen LogP contribution in [0.15, 0.2) is 72.8 Å². The second-order valence-electron chi connectivity index (χ2n) is 5.51. The van der Waals surface area contributed by atoms with Crippen LogP contribution in [0.4, 0.5) is 0 Å². The highest BCUT2D eigenvalue weighted by Gasteiger charge is 2.10. The first-order valence-corrected chi connectivity index (χ1v) is 7.57. The highest BCUT2D eigenvalue weighted by Crippen LogP contribution is 2.31. The number of para-hydroxylation sites is 2. The van der Waals surface area contributed by atoms with Gasteiger partial charge < -0.3 is 9.67 Å². The fourth-order valence-electron chi connectivity index (χ4n) is 3.14. The average molecular weight is 287 g/mol. The van der Waals surface area contributed by atoms with Crippen molar-refractivity contribution in [2.75, 3.05) is 6.61 Å². The number of nitrogens with zero attached hydrogens (tertiary/aromatic N) is 1. The maximum absolute atomic E-state index is 9.05. The molecule has 22 heavy (non-hydrogen) atoms. The summed E-state index contributed by atoms with van der Waals surface area (Å²) in [5.74, 6) is 0. The predicted octanol–water partition coefficient (Wildman–Crippen LogP) is 4.32. The van der Waals surface area contributed by atoms with Gasteiger partial charge in [-0.2, -0.15) is 0 Å². The lowest BCUT2D eigenvalue weighted by Gasteiger charge is -2.08. The van der Waals surface area contributed by atoms with Crippen LogP contribution in [0.3, 0.4) is 0 Å². The van der Waals surface area contributed by atoms with Gasteiger partial charge >= 0.3 is 0 Å². The minimum atomic E-state index is 0.189. The van der Waals surface area contributed by atoms with E-state index in [2.05, 4.69) is 77.4 Å². The number of aliphatic hydroxyl groups is 1. The Kier molecular flexibility index (Phi) is 3.17. The molecule has 0 fully saturated rings. The number of benzene rings is 3. The van der Waals surface area contributed by atoms with E-state index in [4.69, 9.17) is 5.11 Å². The zero-order chi connectivity index (χ0) is 14.9. The topological polar surface area (TPSA) is 25.2 Å². The molecule has 0 bridgehead atoms. The van der Waals surface area contributed by atoms with Crippen molar-refractivity contribution in [2.24, 2.45) is 0 Å². The Morgan fingerprint density at radius 1 is 0.682 bits per heavy atom. The maximum Gasteiger partial charge on any atom is 0.0541 e. The van der Waals surface area contributed by atoms with Crippen molar-refractivity contribution >= 4 is 21.8 Å². The summed E-state index contributed by atoms with van der Waals surface area (Å²) in [4.78, 5) is 0. The molecular formula is C20H17NO. The van der Waals surface area contributed by atoms with Crippen molar-refractivity contribution in [2.45, 2.75) is 6.42 Å². The summed E-state index contributed by atoms with van der Waals surface area (Å²) in [6.45, 7) is 0.189. The molecule has 1 heterocycles. The molecule has 4 rings (SSSR count). The monoisotopic (exact) mass is 287 g/mol. The van der Waals surface area contributed by atoms with Crippen molar-refractivity contribution in [1.29, 1.82) is 0 Å². The standard InChI is InChI=1S/C20H17NO/c22-14-13-15-9-11-16(12-10-15)21-19-7-3-1-5-17(19)18-6-2-4-8-20(18)21/h1-12,22H,13-14H2. The van der Waals surface area contributed by atoms with Crippen LogP contribution in [0.5, 0.6) is 0 Å². The molecule has 0 aliphatic carbocycles. The van der Waals surface area contributed by atoms with E-state index in [1.54, 1.807) is 0 Å². The Labute approximate surface area is 129 Å². The number of hydrogen-bond acceptors (Lipinski definition) is 1. The number of aromatic nitrogens is 1. The van der Waals surface area contributed by atoms with E-state index in [1.807, 2.05) is 0 Å². The number of aliphatic hydroxyl groups excluding tert-OH is 1. The van der Waals surface area contributed by atoms with Crippen LogP contribution < -0.4 is 0 Å². The third-order valence-electron chi connectivity index (χ3n) is 4.18. The maximum atomic E-state index is 9.05. The van der Waals surface area contributed by atoms with Gasteiger partial charge in [-0.3, -0.25) is 0 Å². The first kappa shape index (κ1) is 13.1. The molecular weight excluding hydrogens is 270 g/mol. The summed E-state index contributed by atoms with van der Waals surface area (Å²) < 4.78 is 2.30. The molecule has 0 saturated carbocycles. The molecule has 4 aromatic rings. The summed E-state index contributed by atoms with van der Waals surface area (Å²) in [7, 11) is 0. The Balaban J connectivity index is 1.99. The largest absolute Gasteiger partial charge is 0.396 e. The van der Waals surface area contributed by atoms with Crippen LogP contribution >= 0.6 is 0 Å². The molecule has 3 aromatic carbocycles. The van der Waals surface area contributed by atoms with Gasteiger partial charge in [0.05, 0.1) is 11.0 Å². The van der Waals surface area contributed by atoms with E-state index in [0.29, 0.717) is 6.42 Å². The molecule has 2 nitrogen and oxygen atoms in total. The lowest BCUT2D eigenvalue weighted by molar-refractivity contribution is 0.299. The van der Waals surface area contributed by atoms with Gasteiger partial charge in [-0.1, -0.05) is 48.5 Å². The van der Waals surface area contributed by atoms with Crippen molar-refractivity contribution in [3.8, 4) is 5.69 Å². The van der Waals surface area contributed by atoms with Gasteiger partial charge in [-0.05, 0) is 36.2 Å². The Morgan fingerprint density at radius 3 is 1.77 bits per heavy atom. The van der Waals surface area contributed by atoms with Gasteiger partial charge in [0.2, 0.25) is 0 Å². The average Bonchev–Trinajstić information content (AvgIpc) is 2.91. The fraction of sp³-hybridized carbons (Fsp3) is 0.100. The summed E-state index contributed by atoms with van der Waals surface area (Å²) in [6, 6.07) is 25.5. The number of rotatable bonds is 3. The van der Waals surface area contributed by atoms with E-state index in [9.17, 15) is 0 Å². The molecule has 0 spiro atoms. The molecule has 2 heteroatoms. The third-order valence-corrected chi connectivity index (χ3v) is 4.18. The van der Waals surface area contributed by atoms with Crippen LogP contribution in [-0.4, -0.2) is 16.3 Å². The quantitative estimate of drug-likeness (QED) is 0.596. The van der Waals surface area contributed by atoms with Gasteiger partial charge in [-0.25, -0.2) is 0 Å². The predicted molar refractivity (Wildman–Crippen MR) is 91.6 cm³/mol. The zero-order valence-corrected chi connectivity index (χ0v) is 12.2. The molecule has 0 unspecified atom stereocenters. The van der Waals surface area contributed by atoms with Gasteiger partial charge in [-0.15, -0.1) is 0 Å². The van der Waals surface area contributed by atoms with Crippen LogP contribution in [0.2, 0.25) is 0 Å². The summed E-state index contributed by atoms with van der Waals surface area (Å²) in [6.07, 6.45) is 0.702. The molecule has 0 aliphatic heterocycles. The second-order valence-corrected chi connectivity index (χ2v) is 5.51. The zero-order valence-electron chi connectivity index (χ0n) is 12.2. The molecule has 0 atom stereocenters. The van der Waals surface area contributed by atoms with E-state index in [-0.39, 0.29) is 6.61 Å². The van der Waals surface area contributed by atoms with Crippen LogP contribution in [0, 0.1) is 0 Å². The SMILES string of the molecule is OCCc1ccc(-n2c3ccccc3c3ccccc32)cc1. The lowest BCUT2D eigenvalue weighted by Crippen LogP contribution is -1.95. The highest BCUT2D eigenvalue weighted by molar-refractivity contribution is 6.09. The smallest absolute Gasteiger partial charge is 0.0541 e. The normalized spacial score (nSPS) is 11.3. The van der Waals surface area contributed by atoms with E-state index >= 15 is 0 Å². The van der Waals surface area contributed by atoms with Crippen LogP contribution in [0.25, 0.3) is 27.5 Å². The molecule has 0 amide bonds. The molecule has 1 aromatic heterocycles. The van der Waals surface area contributed by atoms with Crippen LogP contribution in [0.1, 0.15) is 5.56 Å². The van der Waals surface area contributed by atoms with Crippen molar-refractivity contribution in [3.05, 3.63) is 78.4 Å². The van der Waals surface area contributed by atoms with Gasteiger partial charge in [0, 0.05) is 23.1 Å². The van der Waals surface area contributed by atoms with Crippen molar-refractivity contribution in [3.63, 3.8) is 0 Å². The summed E-state index contributed by atoms with van der Waals surface area (Å²) in [5, 5.41) is 11.6. The van der Waals surface area contributed by atoms with E-state index in [1.165, 1.54) is 21.8 Å². The Hall–Kier alpha value is -2.58. The fourth-order valence-corrected chi connectivity index (χ4v) is 3.14. The molecule has 0 saturated heterocycles. The molecule has 0 radical (unpaired) electrons.